The van der Waals surface area contributed by atoms with E-state index in [1.807, 2.05) is 18.2 Å². The molecule has 1 fully saturated rings. The van der Waals surface area contributed by atoms with E-state index in [1.165, 1.54) is 0 Å². The zero-order valence-corrected chi connectivity index (χ0v) is 13.6. The number of hydrogen-bond acceptors (Lipinski definition) is 2. The molecule has 1 amide bonds. The molecular formula is C17H16Cl2N2O. The van der Waals surface area contributed by atoms with Gasteiger partial charge < -0.3 is 5.32 Å². The first-order valence-corrected chi connectivity index (χ1v) is 7.87. The topological polar surface area (TPSA) is 32.3 Å². The summed E-state index contributed by atoms with van der Waals surface area (Å²) in [4.78, 5) is 14.0. The molecule has 1 aliphatic rings. The summed E-state index contributed by atoms with van der Waals surface area (Å²) in [6.45, 7) is 2.40. The molecule has 1 saturated heterocycles. The van der Waals surface area contributed by atoms with Crippen LogP contribution in [-0.4, -0.2) is 17.4 Å². The number of benzene rings is 2. The molecule has 22 heavy (non-hydrogen) atoms. The Labute approximate surface area is 139 Å². The average molecular weight is 335 g/mol. The lowest BCUT2D eigenvalue weighted by atomic mass is 10.0. The van der Waals surface area contributed by atoms with Crippen LogP contribution >= 0.6 is 23.2 Å². The van der Waals surface area contributed by atoms with Crippen LogP contribution in [0.25, 0.3) is 0 Å². The second kappa shape index (κ2) is 6.29. The highest BCUT2D eigenvalue weighted by atomic mass is 35.5. The van der Waals surface area contributed by atoms with Crippen molar-refractivity contribution in [2.75, 3.05) is 6.54 Å². The fraction of sp³-hybridized carbons (Fsp3) is 0.235. The third-order valence-corrected chi connectivity index (χ3v) is 4.67. The van der Waals surface area contributed by atoms with Gasteiger partial charge in [-0.3, -0.25) is 9.69 Å². The lowest BCUT2D eigenvalue weighted by Gasteiger charge is -2.30. The lowest BCUT2D eigenvalue weighted by molar-refractivity contribution is -0.118. The summed E-state index contributed by atoms with van der Waals surface area (Å²) < 4.78 is 0. The number of carbonyl (C=O) groups excluding carboxylic acids is 1. The molecule has 3 rings (SSSR count). The van der Waals surface area contributed by atoms with Crippen molar-refractivity contribution in [1.29, 1.82) is 0 Å². The first-order chi connectivity index (χ1) is 10.6. The predicted molar refractivity (Wildman–Crippen MR) is 88.9 cm³/mol. The molecule has 1 unspecified atom stereocenters. The quantitative estimate of drug-likeness (QED) is 0.912. The minimum absolute atomic E-state index is 0.0243. The number of hydrogen-bond donors (Lipinski definition) is 1. The maximum atomic E-state index is 12.0. The van der Waals surface area contributed by atoms with Crippen molar-refractivity contribution in [1.82, 2.24) is 10.2 Å². The molecule has 0 saturated carbocycles. The summed E-state index contributed by atoms with van der Waals surface area (Å²) in [5.41, 5.74) is 1.90. The molecule has 2 aromatic rings. The van der Waals surface area contributed by atoms with E-state index in [-0.39, 0.29) is 18.1 Å². The molecule has 0 spiro atoms. The molecule has 1 aliphatic heterocycles. The summed E-state index contributed by atoms with van der Waals surface area (Å²) in [7, 11) is 0. The Balaban J connectivity index is 1.98. The third-order valence-electron chi connectivity index (χ3n) is 4.01. The van der Waals surface area contributed by atoms with Crippen molar-refractivity contribution in [3.8, 4) is 0 Å². The van der Waals surface area contributed by atoms with Gasteiger partial charge in [0.15, 0.2) is 0 Å². The zero-order chi connectivity index (χ0) is 15.7. The van der Waals surface area contributed by atoms with Gasteiger partial charge in [0.1, 0.15) is 6.17 Å². The van der Waals surface area contributed by atoms with E-state index in [9.17, 15) is 4.79 Å². The van der Waals surface area contributed by atoms with Crippen LogP contribution in [0.3, 0.4) is 0 Å². The zero-order valence-electron chi connectivity index (χ0n) is 12.1. The Morgan fingerprint density at radius 2 is 1.73 bits per heavy atom. The molecular weight excluding hydrogens is 319 g/mol. The Morgan fingerprint density at radius 3 is 2.36 bits per heavy atom. The molecule has 0 aromatic heterocycles. The van der Waals surface area contributed by atoms with E-state index >= 15 is 0 Å². The number of amides is 1. The molecule has 0 aliphatic carbocycles. The largest absolute Gasteiger partial charge is 0.335 e. The van der Waals surface area contributed by atoms with E-state index in [4.69, 9.17) is 23.2 Å². The minimum Gasteiger partial charge on any atom is -0.335 e. The van der Waals surface area contributed by atoms with Gasteiger partial charge in [0.05, 0.1) is 6.54 Å². The molecule has 2 atom stereocenters. The number of rotatable bonds is 3. The molecule has 2 aromatic carbocycles. The monoisotopic (exact) mass is 334 g/mol. The van der Waals surface area contributed by atoms with Crippen LogP contribution < -0.4 is 5.32 Å². The summed E-state index contributed by atoms with van der Waals surface area (Å²) in [6.07, 6.45) is -0.316. The van der Waals surface area contributed by atoms with E-state index in [0.29, 0.717) is 16.6 Å². The van der Waals surface area contributed by atoms with Gasteiger partial charge in [-0.15, -0.1) is 0 Å². The summed E-state index contributed by atoms with van der Waals surface area (Å²) in [5.74, 6) is -0.0243. The maximum absolute atomic E-state index is 12.0. The minimum atomic E-state index is -0.316. The van der Waals surface area contributed by atoms with E-state index in [0.717, 1.165) is 11.1 Å². The number of halogens is 2. The number of nitrogens with one attached hydrogen (secondary N) is 1. The van der Waals surface area contributed by atoms with Crippen LogP contribution in [0.4, 0.5) is 0 Å². The standard InChI is InChI=1S/C17H16Cl2N2O/c1-11(12-6-3-2-4-7-12)21-10-15(22)20-17(21)16-13(18)8-5-9-14(16)19/h2-9,11,17H,10H2,1H3,(H,20,22)/t11-,17?/m0/s1. The lowest BCUT2D eigenvalue weighted by Crippen LogP contribution is -2.30. The van der Waals surface area contributed by atoms with Crippen molar-refractivity contribution < 1.29 is 4.79 Å². The normalized spacial score (nSPS) is 20.0. The Morgan fingerprint density at radius 1 is 1.09 bits per heavy atom. The van der Waals surface area contributed by atoms with Gasteiger partial charge in [0, 0.05) is 21.7 Å². The van der Waals surface area contributed by atoms with Gasteiger partial charge in [-0.2, -0.15) is 0 Å². The average Bonchev–Trinajstić information content (AvgIpc) is 2.89. The van der Waals surface area contributed by atoms with Crippen molar-refractivity contribution in [3.05, 3.63) is 69.7 Å². The van der Waals surface area contributed by atoms with Crippen molar-refractivity contribution in [3.63, 3.8) is 0 Å². The van der Waals surface area contributed by atoms with Crippen molar-refractivity contribution in [2.45, 2.75) is 19.1 Å². The Hall–Kier alpha value is -1.55. The van der Waals surface area contributed by atoms with Crippen LogP contribution in [0.1, 0.15) is 30.3 Å². The smallest absolute Gasteiger partial charge is 0.235 e. The van der Waals surface area contributed by atoms with Gasteiger partial charge in [0.25, 0.3) is 0 Å². The van der Waals surface area contributed by atoms with Crippen molar-refractivity contribution >= 4 is 29.1 Å². The Bertz CT molecular complexity index is 670. The van der Waals surface area contributed by atoms with Crippen LogP contribution in [-0.2, 0) is 4.79 Å². The molecule has 0 bridgehead atoms. The molecule has 0 radical (unpaired) electrons. The highest BCUT2D eigenvalue weighted by Crippen LogP contribution is 2.38. The van der Waals surface area contributed by atoms with E-state index in [1.54, 1.807) is 18.2 Å². The second-order valence-corrected chi connectivity index (χ2v) is 6.18. The first kappa shape index (κ1) is 15.3. The Kier molecular flexibility index (Phi) is 4.39. The van der Waals surface area contributed by atoms with Crippen LogP contribution in [0.2, 0.25) is 10.0 Å². The second-order valence-electron chi connectivity index (χ2n) is 5.36. The number of nitrogens with zero attached hydrogens (tertiary/aromatic N) is 1. The first-order valence-electron chi connectivity index (χ1n) is 7.12. The van der Waals surface area contributed by atoms with Crippen molar-refractivity contribution in [2.24, 2.45) is 0 Å². The maximum Gasteiger partial charge on any atom is 0.235 e. The third kappa shape index (κ3) is 2.84. The molecule has 5 heteroatoms. The molecule has 1 heterocycles. The van der Waals surface area contributed by atoms with Gasteiger partial charge >= 0.3 is 0 Å². The summed E-state index contributed by atoms with van der Waals surface area (Å²) >= 11 is 12.6. The molecule has 114 valence electrons. The van der Waals surface area contributed by atoms with E-state index in [2.05, 4.69) is 29.3 Å². The highest BCUT2D eigenvalue weighted by Gasteiger charge is 2.36. The van der Waals surface area contributed by atoms with E-state index < -0.39 is 0 Å². The summed E-state index contributed by atoms with van der Waals surface area (Å²) in [6, 6.07) is 15.5. The van der Waals surface area contributed by atoms with Gasteiger partial charge in [-0.25, -0.2) is 0 Å². The van der Waals surface area contributed by atoms with Crippen LogP contribution in [0, 0.1) is 0 Å². The predicted octanol–water partition coefficient (Wildman–Crippen LogP) is 4.19. The fourth-order valence-electron chi connectivity index (χ4n) is 2.83. The van der Waals surface area contributed by atoms with Crippen LogP contribution in [0.5, 0.6) is 0 Å². The fourth-order valence-corrected chi connectivity index (χ4v) is 3.44. The SMILES string of the molecule is C[C@@H](c1ccccc1)N1CC(=O)NC1c1c(Cl)cccc1Cl. The van der Waals surface area contributed by atoms with Gasteiger partial charge in [-0.1, -0.05) is 59.6 Å². The van der Waals surface area contributed by atoms with Crippen LogP contribution in [0.15, 0.2) is 48.5 Å². The van der Waals surface area contributed by atoms with Gasteiger partial charge in [0.2, 0.25) is 5.91 Å². The highest BCUT2D eigenvalue weighted by molar-refractivity contribution is 6.36. The summed E-state index contributed by atoms with van der Waals surface area (Å²) in [5, 5.41) is 4.09. The number of carbonyl (C=O) groups is 1. The molecule has 1 N–H and O–H groups in total. The van der Waals surface area contributed by atoms with Gasteiger partial charge in [-0.05, 0) is 24.6 Å². The molecule has 3 nitrogen and oxygen atoms in total.